The first kappa shape index (κ1) is 21.8. The van der Waals surface area contributed by atoms with E-state index < -0.39 is 12.1 Å². The van der Waals surface area contributed by atoms with E-state index >= 15 is 0 Å². The molecular formula is C27H28N2O3. The van der Waals surface area contributed by atoms with E-state index in [9.17, 15) is 9.59 Å². The number of carbonyl (C=O) groups is 2. The van der Waals surface area contributed by atoms with Crippen molar-refractivity contribution in [2.24, 2.45) is 0 Å². The Morgan fingerprint density at radius 3 is 2.62 bits per heavy atom. The van der Waals surface area contributed by atoms with Gasteiger partial charge < -0.3 is 10.1 Å². The molecule has 1 unspecified atom stereocenters. The third-order valence-electron chi connectivity index (χ3n) is 5.77. The number of hydrogen-bond acceptors (Lipinski definition) is 4. The number of pyridine rings is 1. The summed E-state index contributed by atoms with van der Waals surface area (Å²) in [5, 5.41) is 3.54. The zero-order valence-corrected chi connectivity index (χ0v) is 18.8. The second-order valence-corrected chi connectivity index (χ2v) is 8.25. The first-order chi connectivity index (χ1) is 15.5. The number of rotatable bonds is 6. The molecule has 4 rings (SSSR count). The van der Waals surface area contributed by atoms with Gasteiger partial charge in [-0.2, -0.15) is 0 Å². The molecule has 0 saturated heterocycles. The number of nitrogens with one attached hydrogen (secondary N) is 1. The van der Waals surface area contributed by atoms with E-state index in [0.29, 0.717) is 18.5 Å². The number of nitrogens with zero attached hydrogens (tertiary/aromatic N) is 1. The molecule has 1 amide bonds. The second-order valence-electron chi connectivity index (χ2n) is 8.25. The highest BCUT2D eigenvalue weighted by molar-refractivity contribution is 6.07. The normalized spacial score (nSPS) is 14.9. The van der Waals surface area contributed by atoms with Crippen LogP contribution in [0.1, 0.15) is 59.4 Å². The summed E-state index contributed by atoms with van der Waals surface area (Å²) in [5.74, 6) is -0.759. The molecule has 0 spiro atoms. The van der Waals surface area contributed by atoms with Crippen molar-refractivity contribution in [1.29, 1.82) is 0 Å². The van der Waals surface area contributed by atoms with Gasteiger partial charge in [-0.3, -0.25) is 4.79 Å². The SMILES string of the molecule is CCCNC(=O)C(C)OC(=O)c1c2c(nc3ccccc13)/C(=C/c1ccc(C)cc1)CC2. The van der Waals surface area contributed by atoms with Crippen LogP contribution in [0.5, 0.6) is 0 Å². The van der Waals surface area contributed by atoms with Gasteiger partial charge in [0, 0.05) is 11.9 Å². The maximum absolute atomic E-state index is 13.3. The topological polar surface area (TPSA) is 68.3 Å². The molecular weight excluding hydrogens is 400 g/mol. The van der Waals surface area contributed by atoms with Crippen LogP contribution in [0.25, 0.3) is 22.6 Å². The number of esters is 1. The minimum absolute atomic E-state index is 0.282. The molecule has 3 aromatic rings. The highest BCUT2D eigenvalue weighted by Gasteiger charge is 2.29. The molecule has 0 fully saturated rings. The first-order valence-electron chi connectivity index (χ1n) is 11.2. The minimum atomic E-state index is -0.861. The zero-order valence-electron chi connectivity index (χ0n) is 18.8. The summed E-state index contributed by atoms with van der Waals surface area (Å²) in [5.41, 5.74) is 6.44. The molecule has 1 atom stereocenters. The molecule has 0 aliphatic heterocycles. The Bertz CT molecular complexity index is 1200. The lowest BCUT2D eigenvalue weighted by Gasteiger charge is -2.16. The maximum Gasteiger partial charge on any atom is 0.339 e. The number of aromatic nitrogens is 1. The van der Waals surface area contributed by atoms with E-state index in [1.54, 1.807) is 6.92 Å². The second kappa shape index (κ2) is 9.35. The zero-order chi connectivity index (χ0) is 22.7. The monoisotopic (exact) mass is 428 g/mol. The maximum atomic E-state index is 13.3. The van der Waals surface area contributed by atoms with Gasteiger partial charge in [-0.25, -0.2) is 9.78 Å². The minimum Gasteiger partial charge on any atom is -0.449 e. The van der Waals surface area contributed by atoms with Crippen molar-refractivity contribution in [3.05, 3.63) is 76.5 Å². The van der Waals surface area contributed by atoms with E-state index in [-0.39, 0.29) is 5.91 Å². The van der Waals surface area contributed by atoms with E-state index in [2.05, 4.69) is 42.6 Å². The molecule has 164 valence electrons. The number of amides is 1. The molecule has 1 heterocycles. The molecule has 1 N–H and O–H groups in total. The van der Waals surface area contributed by atoms with Crippen LogP contribution in [-0.4, -0.2) is 29.5 Å². The molecule has 32 heavy (non-hydrogen) atoms. The van der Waals surface area contributed by atoms with E-state index in [4.69, 9.17) is 9.72 Å². The third kappa shape index (κ3) is 4.42. The average Bonchev–Trinajstić information content (AvgIpc) is 3.19. The predicted octanol–water partition coefficient (Wildman–Crippen LogP) is 5.10. The third-order valence-corrected chi connectivity index (χ3v) is 5.77. The van der Waals surface area contributed by atoms with Gasteiger partial charge in [0.2, 0.25) is 0 Å². The standard InChI is InChI=1S/C27H28N2O3/c1-4-15-28-26(30)18(3)32-27(31)24-21-7-5-6-8-23(21)29-25-20(13-14-22(24)25)16-19-11-9-17(2)10-12-19/h5-12,16,18H,4,13-15H2,1-3H3,(H,28,30)/b20-16+. The molecule has 2 aromatic carbocycles. The fourth-order valence-corrected chi connectivity index (χ4v) is 4.04. The van der Waals surface area contributed by atoms with Crippen molar-refractivity contribution in [3.8, 4) is 0 Å². The van der Waals surface area contributed by atoms with E-state index in [1.165, 1.54) is 5.56 Å². The van der Waals surface area contributed by atoms with Gasteiger partial charge in [-0.15, -0.1) is 0 Å². The fourth-order valence-electron chi connectivity index (χ4n) is 4.04. The van der Waals surface area contributed by atoms with Crippen LogP contribution in [0, 0.1) is 6.92 Å². The fraction of sp³-hybridized carbons (Fsp3) is 0.296. The van der Waals surface area contributed by atoms with Crippen molar-refractivity contribution < 1.29 is 14.3 Å². The number of ether oxygens (including phenoxy) is 1. The summed E-state index contributed by atoms with van der Waals surface area (Å²) in [7, 11) is 0. The van der Waals surface area contributed by atoms with Gasteiger partial charge in [0.15, 0.2) is 6.10 Å². The van der Waals surface area contributed by atoms with Gasteiger partial charge in [0.1, 0.15) is 0 Å². The molecule has 5 nitrogen and oxygen atoms in total. The van der Waals surface area contributed by atoms with Crippen molar-refractivity contribution in [2.75, 3.05) is 6.54 Å². The summed E-state index contributed by atoms with van der Waals surface area (Å²) < 4.78 is 5.60. The Hall–Kier alpha value is -3.47. The van der Waals surface area contributed by atoms with Crippen molar-refractivity contribution in [3.63, 3.8) is 0 Å². The Morgan fingerprint density at radius 2 is 1.88 bits per heavy atom. The predicted molar refractivity (Wildman–Crippen MR) is 127 cm³/mol. The lowest BCUT2D eigenvalue weighted by molar-refractivity contribution is -0.129. The van der Waals surface area contributed by atoms with Crippen LogP contribution < -0.4 is 5.32 Å². The van der Waals surface area contributed by atoms with Gasteiger partial charge in [-0.1, -0.05) is 55.0 Å². The van der Waals surface area contributed by atoms with Gasteiger partial charge >= 0.3 is 5.97 Å². The summed E-state index contributed by atoms with van der Waals surface area (Å²) in [6.45, 7) is 6.21. The van der Waals surface area contributed by atoms with Crippen LogP contribution in [0.3, 0.4) is 0 Å². The first-order valence-corrected chi connectivity index (χ1v) is 11.2. The Balaban J connectivity index is 1.73. The molecule has 0 radical (unpaired) electrons. The number of carbonyl (C=O) groups excluding carboxylic acids is 2. The van der Waals surface area contributed by atoms with E-state index in [0.717, 1.165) is 46.1 Å². The summed E-state index contributed by atoms with van der Waals surface area (Å²) in [6.07, 6.45) is 3.62. The molecule has 1 aliphatic rings. The number of allylic oxidation sites excluding steroid dienone is 1. The largest absolute Gasteiger partial charge is 0.449 e. The summed E-state index contributed by atoms with van der Waals surface area (Å²) >= 11 is 0. The van der Waals surface area contributed by atoms with Crippen LogP contribution in [0.15, 0.2) is 48.5 Å². The molecule has 0 bridgehead atoms. The Morgan fingerprint density at radius 1 is 1.12 bits per heavy atom. The number of para-hydroxylation sites is 1. The van der Waals surface area contributed by atoms with Crippen molar-refractivity contribution >= 4 is 34.4 Å². The Kier molecular flexibility index (Phi) is 6.35. The summed E-state index contributed by atoms with van der Waals surface area (Å²) in [6, 6.07) is 16.0. The smallest absolute Gasteiger partial charge is 0.339 e. The number of fused-ring (bicyclic) bond motifs is 2. The Labute approximate surface area is 188 Å². The summed E-state index contributed by atoms with van der Waals surface area (Å²) in [4.78, 5) is 30.4. The highest BCUT2D eigenvalue weighted by atomic mass is 16.5. The van der Waals surface area contributed by atoms with Crippen LogP contribution >= 0.6 is 0 Å². The number of benzene rings is 2. The lowest BCUT2D eigenvalue weighted by atomic mass is 10.0. The lowest BCUT2D eigenvalue weighted by Crippen LogP contribution is -2.36. The van der Waals surface area contributed by atoms with Gasteiger partial charge in [-0.05, 0) is 62.0 Å². The van der Waals surface area contributed by atoms with Crippen molar-refractivity contribution in [2.45, 2.75) is 46.1 Å². The molecule has 0 saturated carbocycles. The number of aryl methyl sites for hydroxylation is 1. The van der Waals surface area contributed by atoms with Gasteiger partial charge in [0.25, 0.3) is 5.91 Å². The van der Waals surface area contributed by atoms with Gasteiger partial charge in [0.05, 0.1) is 16.8 Å². The quantitative estimate of drug-likeness (QED) is 0.555. The van der Waals surface area contributed by atoms with Crippen LogP contribution in [0.4, 0.5) is 0 Å². The molecule has 1 aliphatic carbocycles. The molecule has 1 aromatic heterocycles. The van der Waals surface area contributed by atoms with Crippen molar-refractivity contribution in [1.82, 2.24) is 10.3 Å². The van der Waals surface area contributed by atoms with Crippen LogP contribution in [-0.2, 0) is 16.0 Å². The number of hydrogen-bond donors (Lipinski definition) is 1. The highest BCUT2D eigenvalue weighted by Crippen LogP contribution is 2.38. The van der Waals surface area contributed by atoms with Crippen LogP contribution in [0.2, 0.25) is 0 Å². The molecule has 5 heteroatoms. The average molecular weight is 429 g/mol. The van der Waals surface area contributed by atoms with E-state index in [1.807, 2.05) is 31.2 Å².